The highest BCUT2D eigenvalue weighted by Crippen LogP contribution is 2.16. The van der Waals surface area contributed by atoms with Crippen molar-refractivity contribution in [2.24, 2.45) is 0 Å². The Hall–Kier alpha value is -0.420. The Balaban J connectivity index is 1.81. The molecule has 2 atom stereocenters. The quantitative estimate of drug-likeness (QED) is 0.880. The van der Waals surface area contributed by atoms with E-state index in [1.54, 1.807) is 11.3 Å². The molecule has 1 saturated heterocycles. The summed E-state index contributed by atoms with van der Waals surface area (Å²) in [6.07, 6.45) is 0. The molecule has 0 bridgehead atoms. The van der Waals surface area contributed by atoms with Crippen molar-refractivity contribution in [1.82, 2.24) is 15.1 Å². The van der Waals surface area contributed by atoms with E-state index in [9.17, 15) is 0 Å². The smallest absolute Gasteiger partial charge is 0.0345 e. The van der Waals surface area contributed by atoms with Crippen LogP contribution in [0.25, 0.3) is 0 Å². The van der Waals surface area contributed by atoms with Crippen molar-refractivity contribution >= 4 is 11.3 Å². The average molecular weight is 253 g/mol. The lowest BCUT2D eigenvalue weighted by molar-refractivity contribution is 0.112. The highest BCUT2D eigenvalue weighted by atomic mass is 32.1. The molecule has 3 nitrogen and oxygen atoms in total. The first kappa shape index (κ1) is 13.0. The van der Waals surface area contributed by atoms with Crippen LogP contribution in [0.4, 0.5) is 0 Å². The topological polar surface area (TPSA) is 18.5 Å². The van der Waals surface area contributed by atoms with Crippen LogP contribution in [0.3, 0.4) is 0 Å². The molecular formula is C13H23N3S. The third-order valence-corrected chi connectivity index (χ3v) is 4.38. The van der Waals surface area contributed by atoms with E-state index in [1.165, 1.54) is 25.2 Å². The Labute approximate surface area is 108 Å². The first-order valence-corrected chi connectivity index (χ1v) is 7.25. The van der Waals surface area contributed by atoms with E-state index < -0.39 is 0 Å². The molecule has 2 heterocycles. The molecule has 1 aromatic heterocycles. The molecule has 0 saturated carbocycles. The summed E-state index contributed by atoms with van der Waals surface area (Å²) in [4.78, 5) is 4.88. The fourth-order valence-corrected chi connectivity index (χ4v) is 3.03. The third kappa shape index (κ3) is 3.52. The van der Waals surface area contributed by atoms with E-state index in [0.717, 1.165) is 6.54 Å². The van der Waals surface area contributed by atoms with Gasteiger partial charge in [-0.15, -0.1) is 0 Å². The average Bonchev–Trinajstić information content (AvgIpc) is 2.83. The summed E-state index contributed by atoms with van der Waals surface area (Å²) in [5.41, 5.74) is 1.40. The molecule has 0 spiro atoms. The van der Waals surface area contributed by atoms with Crippen LogP contribution in [0.1, 0.15) is 18.5 Å². The van der Waals surface area contributed by atoms with Gasteiger partial charge in [-0.1, -0.05) is 0 Å². The summed E-state index contributed by atoms with van der Waals surface area (Å²) >= 11 is 1.77. The largest absolute Gasteiger partial charge is 0.309 e. The van der Waals surface area contributed by atoms with Crippen molar-refractivity contribution in [3.05, 3.63) is 22.4 Å². The zero-order valence-electron chi connectivity index (χ0n) is 11.0. The monoisotopic (exact) mass is 253 g/mol. The molecular weight excluding hydrogens is 230 g/mol. The molecule has 17 heavy (non-hydrogen) atoms. The van der Waals surface area contributed by atoms with Crippen molar-refractivity contribution in [3.8, 4) is 0 Å². The van der Waals surface area contributed by atoms with Crippen LogP contribution in [-0.2, 0) is 0 Å². The highest BCUT2D eigenvalue weighted by Gasteiger charge is 2.22. The minimum absolute atomic E-state index is 0.460. The number of rotatable bonds is 4. The summed E-state index contributed by atoms with van der Waals surface area (Å²) in [5.74, 6) is 0. The van der Waals surface area contributed by atoms with Gasteiger partial charge in [0.25, 0.3) is 0 Å². The molecule has 2 unspecified atom stereocenters. The fraction of sp³-hybridized carbons (Fsp3) is 0.692. The molecule has 0 aromatic carbocycles. The van der Waals surface area contributed by atoms with Gasteiger partial charge in [-0.3, -0.25) is 4.90 Å². The SMILES string of the molecule is CC(NCC1CN(C)CCN1C)c1ccsc1. The third-order valence-electron chi connectivity index (χ3n) is 3.68. The number of hydrogen-bond acceptors (Lipinski definition) is 4. The Morgan fingerprint density at radius 3 is 3.00 bits per heavy atom. The molecule has 1 fully saturated rings. The van der Waals surface area contributed by atoms with E-state index in [4.69, 9.17) is 0 Å². The predicted molar refractivity (Wildman–Crippen MR) is 74.7 cm³/mol. The van der Waals surface area contributed by atoms with Crippen LogP contribution in [0.2, 0.25) is 0 Å². The second kappa shape index (κ2) is 5.96. The zero-order chi connectivity index (χ0) is 12.3. The van der Waals surface area contributed by atoms with Crippen LogP contribution in [0.15, 0.2) is 16.8 Å². The lowest BCUT2D eigenvalue weighted by atomic mass is 10.1. The molecule has 0 radical (unpaired) electrons. The zero-order valence-corrected chi connectivity index (χ0v) is 11.8. The molecule has 1 aromatic rings. The van der Waals surface area contributed by atoms with Crippen LogP contribution in [-0.4, -0.2) is 56.1 Å². The van der Waals surface area contributed by atoms with Gasteiger partial charge in [0.2, 0.25) is 0 Å². The van der Waals surface area contributed by atoms with Crippen LogP contribution >= 0.6 is 11.3 Å². The minimum atomic E-state index is 0.460. The lowest BCUT2D eigenvalue weighted by Gasteiger charge is -2.38. The normalized spacial score (nSPS) is 25.0. The lowest BCUT2D eigenvalue weighted by Crippen LogP contribution is -2.53. The van der Waals surface area contributed by atoms with Gasteiger partial charge in [0.05, 0.1) is 0 Å². The van der Waals surface area contributed by atoms with Gasteiger partial charge < -0.3 is 10.2 Å². The summed E-state index contributed by atoms with van der Waals surface area (Å²) in [5, 5.41) is 8.02. The molecule has 0 amide bonds. The van der Waals surface area contributed by atoms with Gasteiger partial charge in [-0.2, -0.15) is 11.3 Å². The molecule has 0 aliphatic carbocycles. The van der Waals surface area contributed by atoms with E-state index in [1.807, 2.05) is 0 Å². The van der Waals surface area contributed by atoms with Crippen molar-refractivity contribution in [2.45, 2.75) is 19.0 Å². The first-order valence-electron chi connectivity index (χ1n) is 6.31. The summed E-state index contributed by atoms with van der Waals surface area (Å²) in [6.45, 7) is 6.84. The maximum Gasteiger partial charge on any atom is 0.0345 e. The molecule has 2 rings (SSSR count). The minimum Gasteiger partial charge on any atom is -0.309 e. The Kier molecular flexibility index (Phi) is 4.56. The number of likely N-dealkylation sites (N-methyl/N-ethyl adjacent to an activating group) is 2. The number of thiophene rings is 1. The van der Waals surface area contributed by atoms with Gasteiger partial charge in [-0.05, 0) is 43.4 Å². The van der Waals surface area contributed by atoms with Gasteiger partial charge in [-0.25, -0.2) is 0 Å². The summed E-state index contributed by atoms with van der Waals surface area (Å²) in [7, 11) is 4.44. The van der Waals surface area contributed by atoms with Crippen LogP contribution in [0, 0.1) is 0 Å². The molecule has 1 aliphatic heterocycles. The molecule has 1 N–H and O–H groups in total. The molecule has 96 valence electrons. The maximum absolute atomic E-state index is 3.64. The highest BCUT2D eigenvalue weighted by molar-refractivity contribution is 7.07. The van der Waals surface area contributed by atoms with E-state index in [-0.39, 0.29) is 0 Å². The van der Waals surface area contributed by atoms with Crippen molar-refractivity contribution in [3.63, 3.8) is 0 Å². The number of hydrogen-bond donors (Lipinski definition) is 1. The predicted octanol–water partition coefficient (Wildman–Crippen LogP) is 1.64. The Morgan fingerprint density at radius 2 is 2.29 bits per heavy atom. The molecule has 1 aliphatic rings. The van der Waals surface area contributed by atoms with Crippen LogP contribution < -0.4 is 5.32 Å². The standard InChI is InChI=1S/C13H23N3S/c1-11(12-4-7-17-10-12)14-8-13-9-15(2)5-6-16(13)3/h4,7,10-11,13-14H,5-6,8-9H2,1-3H3. The second-order valence-electron chi connectivity index (χ2n) is 5.08. The van der Waals surface area contributed by atoms with Gasteiger partial charge >= 0.3 is 0 Å². The van der Waals surface area contributed by atoms with Gasteiger partial charge in [0, 0.05) is 38.3 Å². The van der Waals surface area contributed by atoms with Gasteiger partial charge in [0.1, 0.15) is 0 Å². The van der Waals surface area contributed by atoms with E-state index in [2.05, 4.69) is 53.0 Å². The maximum atomic E-state index is 3.64. The summed E-state index contributed by atoms with van der Waals surface area (Å²) < 4.78 is 0. The number of piperazine rings is 1. The number of nitrogens with zero attached hydrogens (tertiary/aromatic N) is 2. The van der Waals surface area contributed by atoms with Gasteiger partial charge in [0.15, 0.2) is 0 Å². The first-order chi connectivity index (χ1) is 8.16. The Morgan fingerprint density at radius 1 is 1.47 bits per heavy atom. The van der Waals surface area contributed by atoms with E-state index in [0.29, 0.717) is 12.1 Å². The number of nitrogens with one attached hydrogen (secondary N) is 1. The van der Waals surface area contributed by atoms with Crippen molar-refractivity contribution in [1.29, 1.82) is 0 Å². The Bertz CT molecular complexity index is 325. The van der Waals surface area contributed by atoms with Crippen molar-refractivity contribution in [2.75, 3.05) is 40.3 Å². The second-order valence-corrected chi connectivity index (χ2v) is 5.86. The molecule has 4 heteroatoms. The van der Waals surface area contributed by atoms with Crippen LogP contribution in [0.5, 0.6) is 0 Å². The van der Waals surface area contributed by atoms with E-state index >= 15 is 0 Å². The fourth-order valence-electron chi connectivity index (χ4n) is 2.27. The van der Waals surface area contributed by atoms with Crippen molar-refractivity contribution < 1.29 is 0 Å². The summed E-state index contributed by atoms with van der Waals surface area (Å²) in [6, 6.07) is 3.30.